The smallest absolute Gasteiger partial charge is 0.410 e. The normalized spacial score (nSPS) is 12.9. The molecule has 1 N–H and O–H groups in total. The van der Waals surface area contributed by atoms with Gasteiger partial charge in [0.1, 0.15) is 17.2 Å². The Balaban J connectivity index is 1.42. The summed E-state index contributed by atoms with van der Waals surface area (Å²) in [6.07, 6.45) is -0.142. The van der Waals surface area contributed by atoms with Crippen LogP contribution in [0.2, 0.25) is 0 Å². The number of benzene rings is 3. The zero-order valence-electron chi connectivity index (χ0n) is 22.2. The van der Waals surface area contributed by atoms with Crippen LogP contribution < -0.4 is 10.1 Å². The minimum Gasteiger partial charge on any atom is -0.454 e. The highest BCUT2D eigenvalue weighted by atomic mass is 79.9. The maximum absolute atomic E-state index is 15.4. The molecule has 39 heavy (non-hydrogen) atoms. The van der Waals surface area contributed by atoms with Crippen LogP contribution in [-0.2, 0) is 24.2 Å². The van der Waals surface area contributed by atoms with E-state index in [0.29, 0.717) is 39.9 Å². The quantitative estimate of drug-likeness (QED) is 0.329. The van der Waals surface area contributed by atoms with Crippen molar-refractivity contribution in [1.29, 1.82) is 0 Å². The fraction of sp³-hybridized carbons (Fsp3) is 0.310. The molecule has 0 fully saturated rings. The molecule has 0 spiro atoms. The lowest BCUT2D eigenvalue weighted by atomic mass is 9.98. The van der Waals surface area contributed by atoms with E-state index in [2.05, 4.69) is 21.2 Å². The Labute approximate surface area is 234 Å². The maximum atomic E-state index is 15.4. The Morgan fingerprint density at radius 1 is 1.08 bits per heavy atom. The molecule has 1 aliphatic rings. The van der Waals surface area contributed by atoms with Crippen molar-refractivity contribution in [3.8, 4) is 11.5 Å². The van der Waals surface area contributed by atoms with E-state index in [-0.39, 0.29) is 24.5 Å². The van der Waals surface area contributed by atoms with E-state index in [9.17, 15) is 14.0 Å². The third kappa shape index (κ3) is 7.06. The van der Waals surface area contributed by atoms with Gasteiger partial charge in [0.2, 0.25) is 0 Å². The van der Waals surface area contributed by atoms with Crippen molar-refractivity contribution in [3.05, 3.63) is 87.4 Å². The number of para-hydroxylation sites is 1. The van der Waals surface area contributed by atoms with Gasteiger partial charge in [-0.3, -0.25) is 0 Å². The Kier molecular flexibility index (Phi) is 8.44. The van der Waals surface area contributed by atoms with Gasteiger partial charge in [0.25, 0.3) is 0 Å². The first-order valence-electron chi connectivity index (χ1n) is 12.4. The number of fused-ring (bicyclic) bond motifs is 1. The number of ether oxygens (including phenoxy) is 2. The van der Waals surface area contributed by atoms with E-state index >= 15 is 4.39 Å². The monoisotopic (exact) mass is 601 g/mol. The molecule has 0 aliphatic carbocycles. The van der Waals surface area contributed by atoms with Gasteiger partial charge in [0.05, 0.1) is 12.2 Å². The van der Waals surface area contributed by atoms with Crippen molar-refractivity contribution in [2.75, 3.05) is 18.9 Å². The molecular formula is C29H30BrF2N3O4. The minimum atomic E-state index is -0.620. The zero-order chi connectivity index (χ0) is 28.3. The molecule has 0 saturated carbocycles. The molecule has 7 nitrogen and oxygen atoms in total. The Morgan fingerprint density at radius 2 is 1.82 bits per heavy atom. The van der Waals surface area contributed by atoms with E-state index in [1.54, 1.807) is 69.1 Å². The van der Waals surface area contributed by atoms with E-state index < -0.39 is 29.4 Å². The number of carbonyl (C=O) groups is 2. The topological polar surface area (TPSA) is 71.1 Å². The van der Waals surface area contributed by atoms with Gasteiger partial charge in [0.15, 0.2) is 11.6 Å². The second-order valence-corrected chi connectivity index (χ2v) is 11.2. The highest BCUT2D eigenvalue weighted by molar-refractivity contribution is 9.10. The van der Waals surface area contributed by atoms with Gasteiger partial charge in [-0.15, -0.1) is 0 Å². The van der Waals surface area contributed by atoms with Gasteiger partial charge >= 0.3 is 12.1 Å². The summed E-state index contributed by atoms with van der Waals surface area (Å²) in [5.41, 5.74) is 1.21. The molecule has 0 bridgehead atoms. The number of anilines is 1. The van der Waals surface area contributed by atoms with Crippen molar-refractivity contribution in [2.45, 2.75) is 45.9 Å². The van der Waals surface area contributed by atoms with Crippen LogP contribution in [0.5, 0.6) is 11.5 Å². The number of carbonyl (C=O) groups excluding carboxylic acids is 2. The molecule has 10 heteroatoms. The summed E-state index contributed by atoms with van der Waals surface area (Å²) >= 11 is 3.22. The van der Waals surface area contributed by atoms with Crippen LogP contribution in [0.1, 0.15) is 37.5 Å². The van der Waals surface area contributed by atoms with Crippen LogP contribution in [0.3, 0.4) is 0 Å². The predicted octanol–water partition coefficient (Wildman–Crippen LogP) is 7.48. The SMILES string of the molecule is CN(Cc1ccccc1Oc1ccc(Br)cc1F)C(=O)Nc1ccc2c(c1F)CCN(C(=O)OC(C)(C)C)C2. The third-order valence-electron chi connectivity index (χ3n) is 6.07. The van der Waals surface area contributed by atoms with Gasteiger partial charge in [-0.2, -0.15) is 0 Å². The first kappa shape index (κ1) is 28.4. The number of hydrogen-bond donors (Lipinski definition) is 1. The Morgan fingerprint density at radius 3 is 2.54 bits per heavy atom. The summed E-state index contributed by atoms with van der Waals surface area (Å²) in [6.45, 7) is 6.06. The highest BCUT2D eigenvalue weighted by Crippen LogP contribution is 2.31. The van der Waals surface area contributed by atoms with Crippen LogP contribution in [-0.4, -0.2) is 41.1 Å². The van der Waals surface area contributed by atoms with Crippen molar-refractivity contribution in [2.24, 2.45) is 0 Å². The molecule has 3 aromatic carbocycles. The summed E-state index contributed by atoms with van der Waals surface area (Å²) in [6, 6.07) is 14.2. The standard InChI is InChI=1S/C29H30BrF2N3O4/c1-29(2,3)39-28(37)35-14-13-21-18(17-35)9-11-23(26(21)32)33-27(36)34(4)16-19-7-5-6-8-24(19)38-25-12-10-20(30)15-22(25)31/h5-12,15H,13-14,16-17H2,1-4H3,(H,33,36). The number of urea groups is 1. The van der Waals surface area contributed by atoms with E-state index in [0.717, 1.165) is 0 Å². The summed E-state index contributed by atoms with van der Waals surface area (Å²) in [5.74, 6) is -0.595. The van der Waals surface area contributed by atoms with Crippen LogP contribution in [0, 0.1) is 11.6 Å². The van der Waals surface area contributed by atoms with Crippen LogP contribution in [0.4, 0.5) is 24.1 Å². The lowest BCUT2D eigenvalue weighted by Gasteiger charge is -2.31. The van der Waals surface area contributed by atoms with Gasteiger partial charge in [-0.05, 0) is 68.7 Å². The lowest BCUT2D eigenvalue weighted by Crippen LogP contribution is -2.40. The largest absolute Gasteiger partial charge is 0.454 e. The minimum absolute atomic E-state index is 0.0535. The summed E-state index contributed by atoms with van der Waals surface area (Å²) in [4.78, 5) is 28.3. The van der Waals surface area contributed by atoms with Crippen LogP contribution in [0.15, 0.2) is 59.1 Å². The van der Waals surface area contributed by atoms with Crippen LogP contribution in [0.25, 0.3) is 0 Å². The summed E-state index contributed by atoms with van der Waals surface area (Å²) in [7, 11) is 1.57. The molecule has 1 aliphatic heterocycles. The summed E-state index contributed by atoms with van der Waals surface area (Å²) in [5, 5.41) is 2.63. The molecule has 0 unspecified atom stereocenters. The van der Waals surface area contributed by atoms with Crippen molar-refractivity contribution < 1.29 is 27.8 Å². The van der Waals surface area contributed by atoms with E-state index in [1.807, 2.05) is 0 Å². The van der Waals surface area contributed by atoms with Crippen molar-refractivity contribution in [3.63, 3.8) is 0 Å². The first-order valence-corrected chi connectivity index (χ1v) is 13.2. The van der Waals surface area contributed by atoms with Gasteiger partial charge < -0.3 is 24.6 Å². The second kappa shape index (κ2) is 11.6. The molecule has 206 valence electrons. The molecule has 0 saturated heterocycles. The maximum Gasteiger partial charge on any atom is 0.410 e. The molecular weight excluding hydrogens is 572 g/mol. The number of halogens is 3. The zero-order valence-corrected chi connectivity index (χ0v) is 23.8. The number of nitrogens with one attached hydrogen (secondary N) is 1. The molecule has 0 aromatic heterocycles. The van der Waals surface area contributed by atoms with Gasteiger partial charge in [0, 0.05) is 30.2 Å². The second-order valence-electron chi connectivity index (χ2n) is 10.3. The molecule has 1 heterocycles. The van der Waals surface area contributed by atoms with Gasteiger partial charge in [-0.1, -0.05) is 40.2 Å². The average Bonchev–Trinajstić information content (AvgIpc) is 2.87. The molecule has 4 rings (SSSR count). The van der Waals surface area contributed by atoms with E-state index in [4.69, 9.17) is 9.47 Å². The highest BCUT2D eigenvalue weighted by Gasteiger charge is 2.28. The predicted molar refractivity (Wildman–Crippen MR) is 148 cm³/mol. The third-order valence-corrected chi connectivity index (χ3v) is 6.56. The number of nitrogens with zero attached hydrogens (tertiary/aromatic N) is 2. The molecule has 3 amide bonds. The fourth-order valence-electron chi connectivity index (χ4n) is 4.14. The average molecular weight is 602 g/mol. The number of rotatable bonds is 5. The first-order chi connectivity index (χ1) is 18.4. The number of amides is 3. The van der Waals surface area contributed by atoms with E-state index in [1.165, 1.54) is 23.1 Å². The van der Waals surface area contributed by atoms with Crippen molar-refractivity contribution in [1.82, 2.24) is 9.80 Å². The number of hydrogen-bond acceptors (Lipinski definition) is 4. The van der Waals surface area contributed by atoms with Gasteiger partial charge in [-0.25, -0.2) is 18.4 Å². The molecule has 0 radical (unpaired) electrons. The molecule has 0 atom stereocenters. The Hall–Kier alpha value is -3.66. The fourth-order valence-corrected chi connectivity index (χ4v) is 4.47. The van der Waals surface area contributed by atoms with Crippen molar-refractivity contribution >= 4 is 33.7 Å². The summed E-state index contributed by atoms with van der Waals surface area (Å²) < 4.78 is 41.4. The van der Waals surface area contributed by atoms with Crippen LogP contribution >= 0.6 is 15.9 Å². The Bertz CT molecular complexity index is 1390. The lowest BCUT2D eigenvalue weighted by molar-refractivity contribution is 0.0223. The molecule has 3 aromatic rings.